The van der Waals surface area contributed by atoms with Gasteiger partial charge in [0.15, 0.2) is 0 Å². The molecule has 0 saturated heterocycles. The Balaban J connectivity index is 2.96. The van der Waals surface area contributed by atoms with Gasteiger partial charge in [0.25, 0.3) is 0 Å². The van der Waals surface area contributed by atoms with Crippen LogP contribution in [0.4, 0.5) is 5.82 Å². The number of hydrogen-bond donors (Lipinski definition) is 3. The van der Waals surface area contributed by atoms with E-state index in [9.17, 15) is 0 Å². The highest BCUT2D eigenvalue weighted by Gasteiger charge is 2.13. The number of aliphatic hydroxyl groups excluding tert-OH is 1. The Morgan fingerprint density at radius 3 is 2.88 bits per heavy atom. The second-order valence-electron chi connectivity index (χ2n) is 3.51. The van der Waals surface area contributed by atoms with Crippen molar-refractivity contribution in [2.24, 2.45) is 5.84 Å². The summed E-state index contributed by atoms with van der Waals surface area (Å²) in [7, 11) is 0. The number of anilines is 1. The molecule has 6 heteroatoms. The fourth-order valence-corrected chi connectivity index (χ4v) is 2.23. The van der Waals surface area contributed by atoms with Crippen LogP contribution in [0.2, 0.25) is 0 Å². The average molecular weight is 242 g/mol. The van der Waals surface area contributed by atoms with Crippen LogP contribution in [-0.4, -0.2) is 26.9 Å². The number of aromatic nitrogens is 2. The predicted molar refractivity (Wildman–Crippen MR) is 66.2 cm³/mol. The number of nitrogen functional groups attached to an aromatic ring is 1. The van der Waals surface area contributed by atoms with Gasteiger partial charge >= 0.3 is 0 Å². The largest absolute Gasteiger partial charge is 0.395 e. The van der Waals surface area contributed by atoms with Crippen LogP contribution in [-0.2, 0) is 6.42 Å². The van der Waals surface area contributed by atoms with E-state index in [0.29, 0.717) is 5.82 Å². The van der Waals surface area contributed by atoms with E-state index in [1.165, 1.54) is 6.33 Å². The molecule has 1 aromatic rings. The Morgan fingerprint density at radius 1 is 1.56 bits per heavy atom. The molecular weight excluding hydrogens is 224 g/mol. The third-order valence-corrected chi connectivity index (χ3v) is 3.24. The van der Waals surface area contributed by atoms with Gasteiger partial charge in [0, 0.05) is 10.8 Å². The fraction of sp³-hybridized carbons (Fsp3) is 0.600. The number of thioether (sulfide) groups is 1. The van der Waals surface area contributed by atoms with Gasteiger partial charge in [-0.05, 0) is 6.42 Å². The molecule has 0 bridgehead atoms. The highest BCUT2D eigenvalue weighted by molar-refractivity contribution is 7.99. The predicted octanol–water partition coefficient (Wildman–Crippen LogP) is 1.19. The first kappa shape index (κ1) is 13.2. The first-order chi connectivity index (χ1) is 7.72. The number of nitrogens with one attached hydrogen (secondary N) is 1. The van der Waals surface area contributed by atoms with Crippen molar-refractivity contribution in [2.75, 3.05) is 12.0 Å². The summed E-state index contributed by atoms with van der Waals surface area (Å²) in [6.07, 6.45) is 3.37. The second kappa shape index (κ2) is 6.67. The van der Waals surface area contributed by atoms with Crippen LogP contribution >= 0.6 is 11.8 Å². The van der Waals surface area contributed by atoms with Gasteiger partial charge in [0.05, 0.1) is 6.61 Å². The molecule has 0 fully saturated rings. The standard InChI is InChI=1S/C10H18N4OS/c1-3-4-8-9(14-11)12-6-13-10(8)16-7(2)5-15/h6-7,15H,3-5,11H2,1-2H3,(H,12,13,14). The summed E-state index contributed by atoms with van der Waals surface area (Å²) in [6.45, 7) is 4.18. The summed E-state index contributed by atoms with van der Waals surface area (Å²) >= 11 is 1.54. The zero-order valence-corrected chi connectivity index (χ0v) is 10.4. The van der Waals surface area contributed by atoms with Crippen molar-refractivity contribution in [2.45, 2.75) is 37.0 Å². The van der Waals surface area contributed by atoms with E-state index in [1.807, 2.05) is 6.92 Å². The van der Waals surface area contributed by atoms with E-state index in [0.717, 1.165) is 23.4 Å². The molecule has 0 radical (unpaired) electrons. The molecule has 0 amide bonds. The second-order valence-corrected chi connectivity index (χ2v) is 4.94. The molecule has 0 spiro atoms. The molecule has 0 aliphatic carbocycles. The molecule has 1 atom stereocenters. The normalized spacial score (nSPS) is 12.5. The summed E-state index contributed by atoms with van der Waals surface area (Å²) in [4.78, 5) is 8.33. The van der Waals surface area contributed by atoms with Crippen molar-refractivity contribution < 1.29 is 5.11 Å². The van der Waals surface area contributed by atoms with Crippen LogP contribution in [0.3, 0.4) is 0 Å². The number of rotatable bonds is 6. The van der Waals surface area contributed by atoms with Gasteiger partial charge < -0.3 is 10.5 Å². The van der Waals surface area contributed by atoms with Crippen molar-refractivity contribution in [1.29, 1.82) is 0 Å². The van der Waals surface area contributed by atoms with Crippen LogP contribution < -0.4 is 11.3 Å². The van der Waals surface area contributed by atoms with Crippen molar-refractivity contribution in [3.8, 4) is 0 Å². The highest BCUT2D eigenvalue weighted by Crippen LogP contribution is 2.28. The zero-order valence-electron chi connectivity index (χ0n) is 9.60. The molecular formula is C10H18N4OS. The Bertz CT molecular complexity index is 335. The molecule has 90 valence electrons. The lowest BCUT2D eigenvalue weighted by Gasteiger charge is -2.13. The smallest absolute Gasteiger partial charge is 0.147 e. The van der Waals surface area contributed by atoms with Crippen LogP contribution in [0.25, 0.3) is 0 Å². The van der Waals surface area contributed by atoms with Gasteiger partial charge in [-0.15, -0.1) is 11.8 Å². The first-order valence-electron chi connectivity index (χ1n) is 5.30. The van der Waals surface area contributed by atoms with Crippen molar-refractivity contribution in [3.63, 3.8) is 0 Å². The van der Waals surface area contributed by atoms with E-state index < -0.39 is 0 Å². The Kier molecular flexibility index (Phi) is 5.51. The molecule has 0 saturated carbocycles. The third-order valence-electron chi connectivity index (χ3n) is 2.11. The number of hydrazine groups is 1. The first-order valence-corrected chi connectivity index (χ1v) is 6.18. The molecule has 0 aliphatic rings. The monoisotopic (exact) mass is 242 g/mol. The van der Waals surface area contributed by atoms with Gasteiger partial charge in [-0.25, -0.2) is 15.8 Å². The fourth-order valence-electron chi connectivity index (χ4n) is 1.33. The summed E-state index contributed by atoms with van der Waals surface area (Å²) in [5, 5.41) is 10.1. The van der Waals surface area contributed by atoms with Gasteiger partial charge in [-0.1, -0.05) is 20.3 Å². The molecule has 0 aromatic carbocycles. The zero-order chi connectivity index (χ0) is 12.0. The SMILES string of the molecule is CCCc1c(NN)ncnc1SC(C)CO. The maximum atomic E-state index is 9.04. The summed E-state index contributed by atoms with van der Waals surface area (Å²) in [5.74, 6) is 6.09. The lowest BCUT2D eigenvalue weighted by molar-refractivity contribution is 0.300. The summed E-state index contributed by atoms with van der Waals surface area (Å²) in [5.41, 5.74) is 3.61. The van der Waals surface area contributed by atoms with Crippen LogP contribution in [0.15, 0.2) is 11.4 Å². The van der Waals surface area contributed by atoms with Crippen LogP contribution in [0.1, 0.15) is 25.8 Å². The highest BCUT2D eigenvalue weighted by atomic mass is 32.2. The topological polar surface area (TPSA) is 84.1 Å². The average Bonchev–Trinajstić information content (AvgIpc) is 2.31. The van der Waals surface area contributed by atoms with E-state index in [4.69, 9.17) is 10.9 Å². The minimum atomic E-state index is 0.121. The van der Waals surface area contributed by atoms with Crippen LogP contribution in [0, 0.1) is 0 Å². The number of aliphatic hydroxyl groups is 1. The maximum Gasteiger partial charge on any atom is 0.147 e. The summed E-state index contributed by atoms with van der Waals surface area (Å²) in [6, 6.07) is 0. The quantitative estimate of drug-likeness (QED) is 0.301. The minimum Gasteiger partial charge on any atom is -0.395 e. The lowest BCUT2D eigenvalue weighted by Crippen LogP contribution is -2.13. The van der Waals surface area contributed by atoms with E-state index >= 15 is 0 Å². The van der Waals surface area contributed by atoms with Crippen molar-refractivity contribution >= 4 is 17.6 Å². The molecule has 1 unspecified atom stereocenters. The van der Waals surface area contributed by atoms with E-state index in [1.54, 1.807) is 11.8 Å². The molecule has 0 aliphatic heterocycles. The molecule has 4 N–H and O–H groups in total. The van der Waals surface area contributed by atoms with E-state index in [2.05, 4.69) is 22.3 Å². The van der Waals surface area contributed by atoms with Gasteiger partial charge in [-0.3, -0.25) is 0 Å². The Morgan fingerprint density at radius 2 is 2.31 bits per heavy atom. The van der Waals surface area contributed by atoms with Crippen molar-refractivity contribution in [3.05, 3.63) is 11.9 Å². The Labute approximate surface area is 99.8 Å². The molecule has 5 nitrogen and oxygen atoms in total. The molecule has 16 heavy (non-hydrogen) atoms. The molecule has 1 heterocycles. The van der Waals surface area contributed by atoms with Gasteiger partial charge in [0.2, 0.25) is 0 Å². The molecule has 1 rings (SSSR count). The number of hydrogen-bond acceptors (Lipinski definition) is 6. The van der Waals surface area contributed by atoms with Crippen LogP contribution in [0.5, 0.6) is 0 Å². The van der Waals surface area contributed by atoms with Crippen molar-refractivity contribution in [1.82, 2.24) is 9.97 Å². The minimum absolute atomic E-state index is 0.121. The number of nitrogens with two attached hydrogens (primary N) is 1. The summed E-state index contributed by atoms with van der Waals surface area (Å²) < 4.78 is 0. The third kappa shape index (κ3) is 3.33. The number of nitrogens with zero attached hydrogens (tertiary/aromatic N) is 2. The van der Waals surface area contributed by atoms with E-state index in [-0.39, 0.29) is 11.9 Å². The maximum absolute atomic E-state index is 9.04. The van der Waals surface area contributed by atoms with Gasteiger partial charge in [-0.2, -0.15) is 0 Å². The molecule has 1 aromatic heterocycles. The van der Waals surface area contributed by atoms with Gasteiger partial charge in [0.1, 0.15) is 17.2 Å². The Hall–Kier alpha value is -0.850. The lowest BCUT2D eigenvalue weighted by atomic mass is 10.2.